The Morgan fingerprint density at radius 1 is 1.17 bits per heavy atom. The third kappa shape index (κ3) is 8.64. The van der Waals surface area contributed by atoms with Crippen molar-refractivity contribution in [2.24, 2.45) is 0 Å². The van der Waals surface area contributed by atoms with Crippen LogP contribution in [0.3, 0.4) is 0 Å². The van der Waals surface area contributed by atoms with E-state index >= 15 is 0 Å². The van der Waals surface area contributed by atoms with Crippen LogP contribution in [0.5, 0.6) is 0 Å². The second-order valence-electron chi connectivity index (χ2n) is 8.47. The summed E-state index contributed by atoms with van der Waals surface area (Å²) in [6, 6.07) is 8.30. The lowest BCUT2D eigenvalue weighted by Crippen LogP contribution is -2.51. The normalized spacial score (nSPS) is 15.5. The van der Waals surface area contributed by atoms with Gasteiger partial charge in [0.1, 0.15) is 17.9 Å². The van der Waals surface area contributed by atoms with Gasteiger partial charge < -0.3 is 20.2 Å². The molecule has 1 aliphatic carbocycles. The molecule has 0 radical (unpaired) electrons. The van der Waals surface area contributed by atoms with Gasteiger partial charge in [-0.25, -0.2) is 4.79 Å². The fraction of sp³-hybridized carbons (Fsp3) is 0.458. The first-order valence-electron chi connectivity index (χ1n) is 10.4. The molecule has 1 aromatic rings. The molecule has 0 saturated heterocycles. The van der Waals surface area contributed by atoms with E-state index in [9.17, 15) is 14.4 Å². The number of ether oxygens (including phenoxy) is 1. The van der Waals surface area contributed by atoms with E-state index in [1.54, 1.807) is 20.8 Å². The van der Waals surface area contributed by atoms with Crippen LogP contribution in [0.25, 0.3) is 0 Å². The van der Waals surface area contributed by atoms with Crippen LogP contribution in [0.4, 0.5) is 4.79 Å². The first-order chi connectivity index (χ1) is 14.3. The van der Waals surface area contributed by atoms with Crippen molar-refractivity contribution in [2.45, 2.75) is 70.6 Å². The molecule has 1 unspecified atom stereocenters. The summed E-state index contributed by atoms with van der Waals surface area (Å²) in [6.07, 6.45) is 9.41. The van der Waals surface area contributed by atoms with E-state index in [0.717, 1.165) is 30.3 Å². The minimum atomic E-state index is -0.803. The second-order valence-corrected chi connectivity index (χ2v) is 8.47. The smallest absolute Gasteiger partial charge is 0.408 e. The Morgan fingerprint density at radius 3 is 2.50 bits per heavy atom. The quantitative estimate of drug-likeness (QED) is 0.603. The predicted octanol–water partition coefficient (Wildman–Crippen LogP) is 3.86. The van der Waals surface area contributed by atoms with Crippen molar-refractivity contribution in [1.82, 2.24) is 10.6 Å². The van der Waals surface area contributed by atoms with Crippen molar-refractivity contribution in [3.63, 3.8) is 0 Å². The molecular weight excluding hydrogens is 380 g/mol. The van der Waals surface area contributed by atoms with Gasteiger partial charge in [0, 0.05) is 0 Å². The van der Waals surface area contributed by atoms with Crippen LogP contribution in [-0.4, -0.2) is 36.0 Å². The number of rotatable bonds is 9. The number of benzene rings is 1. The van der Waals surface area contributed by atoms with Gasteiger partial charge in [0.2, 0.25) is 5.91 Å². The molecule has 0 aliphatic heterocycles. The lowest BCUT2D eigenvalue weighted by atomic mass is 9.98. The maximum absolute atomic E-state index is 12.9. The lowest BCUT2D eigenvalue weighted by Gasteiger charge is -2.24. The minimum absolute atomic E-state index is 0.388. The molecule has 30 heavy (non-hydrogen) atoms. The van der Waals surface area contributed by atoms with Crippen molar-refractivity contribution >= 4 is 18.3 Å². The lowest BCUT2D eigenvalue weighted by molar-refractivity contribution is -0.126. The number of alkyl carbamates (subject to hydrolysis) is 1. The molecular formula is C24H32N2O4. The fourth-order valence-electron chi connectivity index (χ4n) is 3.20. The maximum Gasteiger partial charge on any atom is 0.408 e. The molecule has 2 rings (SSSR count). The number of amides is 2. The first-order valence-corrected chi connectivity index (χ1v) is 10.4. The summed E-state index contributed by atoms with van der Waals surface area (Å²) >= 11 is 0. The predicted molar refractivity (Wildman–Crippen MR) is 117 cm³/mol. The second kappa shape index (κ2) is 11.3. The minimum Gasteiger partial charge on any atom is -0.444 e. The van der Waals surface area contributed by atoms with Crippen LogP contribution in [-0.2, 0) is 20.7 Å². The Labute approximate surface area is 178 Å². The molecule has 162 valence electrons. The van der Waals surface area contributed by atoms with Crippen LogP contribution in [0.2, 0.25) is 0 Å². The zero-order valence-corrected chi connectivity index (χ0v) is 18.0. The first kappa shape index (κ1) is 23.4. The summed E-state index contributed by atoms with van der Waals surface area (Å²) in [5.74, 6) is -0.388. The van der Waals surface area contributed by atoms with Crippen LogP contribution < -0.4 is 10.6 Å². The topological polar surface area (TPSA) is 84.5 Å². The highest BCUT2D eigenvalue weighted by atomic mass is 16.6. The third-order valence-electron chi connectivity index (χ3n) is 4.65. The third-order valence-corrected chi connectivity index (χ3v) is 4.65. The summed E-state index contributed by atoms with van der Waals surface area (Å²) in [5.41, 5.74) is 1.51. The van der Waals surface area contributed by atoms with E-state index in [1.165, 1.54) is 0 Å². The van der Waals surface area contributed by atoms with Gasteiger partial charge in [-0.1, -0.05) is 54.1 Å². The number of aldehydes is 1. The number of hydrogen-bond donors (Lipinski definition) is 2. The molecule has 6 nitrogen and oxygen atoms in total. The average Bonchev–Trinajstić information content (AvgIpc) is 2.70. The van der Waals surface area contributed by atoms with E-state index in [-0.39, 0.29) is 5.91 Å². The van der Waals surface area contributed by atoms with Gasteiger partial charge in [-0.05, 0) is 58.4 Å². The maximum atomic E-state index is 12.9. The Bertz CT molecular complexity index is 778. The zero-order chi connectivity index (χ0) is 22.0. The van der Waals surface area contributed by atoms with Gasteiger partial charge in [-0.3, -0.25) is 4.79 Å². The number of allylic oxidation sites excluding steroid dienone is 3. The molecule has 2 amide bonds. The summed E-state index contributed by atoms with van der Waals surface area (Å²) in [4.78, 5) is 36.7. The van der Waals surface area contributed by atoms with E-state index in [4.69, 9.17) is 4.74 Å². The Morgan fingerprint density at radius 2 is 1.90 bits per heavy atom. The number of carbonyl (C=O) groups excluding carboxylic acids is 3. The van der Waals surface area contributed by atoms with Crippen molar-refractivity contribution in [3.05, 3.63) is 59.7 Å². The highest BCUT2D eigenvalue weighted by Crippen LogP contribution is 2.17. The highest BCUT2D eigenvalue weighted by Gasteiger charge is 2.26. The molecule has 1 aromatic carbocycles. The molecule has 2 atom stereocenters. The number of nitrogens with one attached hydrogen (secondary N) is 2. The monoisotopic (exact) mass is 412 g/mol. The molecule has 2 N–H and O–H groups in total. The van der Waals surface area contributed by atoms with Crippen molar-refractivity contribution in [3.8, 4) is 0 Å². The van der Waals surface area contributed by atoms with Crippen molar-refractivity contribution in [2.75, 3.05) is 0 Å². The average molecular weight is 413 g/mol. The molecule has 0 aromatic heterocycles. The summed E-state index contributed by atoms with van der Waals surface area (Å²) in [6.45, 7) is 5.29. The summed E-state index contributed by atoms with van der Waals surface area (Å²) < 4.78 is 5.31. The molecule has 0 bridgehead atoms. The molecule has 0 heterocycles. The Kier molecular flexibility index (Phi) is 8.84. The Balaban J connectivity index is 2.03. The molecule has 0 spiro atoms. The van der Waals surface area contributed by atoms with Gasteiger partial charge in [0.25, 0.3) is 0 Å². The van der Waals surface area contributed by atoms with Gasteiger partial charge in [-0.15, -0.1) is 0 Å². The van der Waals surface area contributed by atoms with E-state index in [0.29, 0.717) is 19.3 Å². The molecule has 0 saturated carbocycles. The standard InChI is InChI=1S/C24H32N2O4/c1-24(2,3)30-23(29)26-21(15-14-18-10-6-4-7-11-18)22(28)25-20(17-27)16-19-12-8-5-9-13-19/h4-8,10-12,17,20-21H,9,13-16H2,1-3H3,(H,25,28)(H,26,29)/t20-,21?/m1/s1. The van der Waals surface area contributed by atoms with Crippen LogP contribution in [0.1, 0.15) is 52.0 Å². The number of hydrogen-bond acceptors (Lipinski definition) is 4. The Hall–Kier alpha value is -2.89. The van der Waals surface area contributed by atoms with Crippen molar-refractivity contribution in [1.29, 1.82) is 0 Å². The van der Waals surface area contributed by atoms with E-state index in [1.807, 2.05) is 42.5 Å². The van der Waals surface area contributed by atoms with Crippen LogP contribution >= 0.6 is 0 Å². The van der Waals surface area contributed by atoms with Gasteiger partial charge in [-0.2, -0.15) is 0 Å². The molecule has 6 heteroatoms. The van der Waals surface area contributed by atoms with Gasteiger partial charge in [0.15, 0.2) is 0 Å². The SMILES string of the molecule is CC(C)(C)OC(=O)NC(CCc1ccccc1)C(=O)N[C@@H](C=O)CC1=CC=CCC1. The van der Waals surface area contributed by atoms with Crippen LogP contribution in [0, 0.1) is 0 Å². The zero-order valence-electron chi connectivity index (χ0n) is 18.0. The number of carbonyl (C=O) groups is 3. The summed E-state index contributed by atoms with van der Waals surface area (Å²) in [5, 5.41) is 5.44. The largest absolute Gasteiger partial charge is 0.444 e. The van der Waals surface area contributed by atoms with E-state index < -0.39 is 23.8 Å². The highest BCUT2D eigenvalue weighted by molar-refractivity contribution is 5.87. The van der Waals surface area contributed by atoms with Gasteiger partial charge in [0.05, 0.1) is 6.04 Å². The molecule has 1 aliphatic rings. The van der Waals surface area contributed by atoms with Crippen LogP contribution in [0.15, 0.2) is 54.1 Å². The summed E-state index contributed by atoms with van der Waals surface area (Å²) in [7, 11) is 0. The number of aryl methyl sites for hydroxylation is 1. The van der Waals surface area contributed by atoms with Gasteiger partial charge >= 0.3 is 6.09 Å². The van der Waals surface area contributed by atoms with E-state index in [2.05, 4.69) is 16.7 Å². The van der Waals surface area contributed by atoms with Crippen molar-refractivity contribution < 1.29 is 19.1 Å². The molecule has 0 fully saturated rings. The fourth-order valence-corrected chi connectivity index (χ4v) is 3.20.